The van der Waals surface area contributed by atoms with Crippen molar-refractivity contribution in [1.82, 2.24) is 4.98 Å². The number of hydrogen-bond acceptors (Lipinski definition) is 5. The quantitative estimate of drug-likeness (QED) is 0.880. The van der Waals surface area contributed by atoms with Crippen molar-refractivity contribution in [3.8, 4) is 0 Å². The van der Waals surface area contributed by atoms with Crippen LogP contribution in [-0.2, 0) is 16.3 Å². The number of hydrogen-bond donors (Lipinski definition) is 1. The third-order valence-corrected chi connectivity index (χ3v) is 5.48. The van der Waals surface area contributed by atoms with Crippen LogP contribution in [0, 0.1) is 0 Å². The normalized spacial score (nSPS) is 25.8. The zero-order chi connectivity index (χ0) is 11.8. The van der Waals surface area contributed by atoms with E-state index in [0.717, 1.165) is 10.7 Å². The van der Waals surface area contributed by atoms with Gasteiger partial charge in [-0.05, 0) is 13.3 Å². The van der Waals surface area contributed by atoms with Gasteiger partial charge in [-0.15, -0.1) is 11.3 Å². The summed E-state index contributed by atoms with van der Waals surface area (Å²) < 4.78 is 22.7. The summed E-state index contributed by atoms with van der Waals surface area (Å²) in [6.45, 7) is 1.72. The smallest absolute Gasteiger partial charge is 0.151 e. The van der Waals surface area contributed by atoms with Gasteiger partial charge in [0.2, 0.25) is 0 Å². The molecule has 1 aliphatic rings. The van der Waals surface area contributed by atoms with Crippen LogP contribution >= 0.6 is 11.3 Å². The lowest BCUT2D eigenvalue weighted by Crippen LogP contribution is -2.06. The molecule has 0 radical (unpaired) electrons. The van der Waals surface area contributed by atoms with Crippen molar-refractivity contribution in [2.75, 3.05) is 11.5 Å². The van der Waals surface area contributed by atoms with Crippen molar-refractivity contribution >= 4 is 21.2 Å². The topological polar surface area (TPSA) is 67.3 Å². The minimum Gasteiger partial charge on any atom is -0.393 e. The Hall–Kier alpha value is -0.460. The van der Waals surface area contributed by atoms with Crippen molar-refractivity contribution in [3.05, 3.63) is 16.1 Å². The van der Waals surface area contributed by atoms with E-state index < -0.39 is 15.9 Å². The molecule has 1 fully saturated rings. The van der Waals surface area contributed by atoms with Crippen LogP contribution in [-0.4, -0.2) is 36.1 Å². The molecule has 0 aliphatic carbocycles. The van der Waals surface area contributed by atoms with E-state index in [-0.39, 0.29) is 17.4 Å². The molecule has 2 unspecified atom stereocenters. The molecule has 2 rings (SSSR count). The Morgan fingerprint density at radius 1 is 1.69 bits per heavy atom. The summed E-state index contributed by atoms with van der Waals surface area (Å²) in [5, 5.41) is 12.0. The minimum atomic E-state index is -2.84. The zero-order valence-corrected chi connectivity index (χ0v) is 10.7. The van der Waals surface area contributed by atoms with Crippen LogP contribution in [0.5, 0.6) is 0 Å². The van der Waals surface area contributed by atoms with Gasteiger partial charge in [0.25, 0.3) is 0 Å². The molecule has 1 N–H and O–H groups in total. The summed E-state index contributed by atoms with van der Waals surface area (Å²) in [5.74, 6) is 0.579. The monoisotopic (exact) mass is 261 g/mol. The standard InChI is InChI=1S/C10H15NO3S2/c1-7(12)4-9-5-15-10(11-9)8-2-3-16(13,14)6-8/h5,7-8,12H,2-4,6H2,1H3. The number of aromatic nitrogens is 1. The van der Waals surface area contributed by atoms with Crippen molar-refractivity contribution in [1.29, 1.82) is 0 Å². The molecule has 16 heavy (non-hydrogen) atoms. The van der Waals surface area contributed by atoms with Crippen LogP contribution in [0.15, 0.2) is 5.38 Å². The number of aliphatic hydroxyl groups excluding tert-OH is 1. The Balaban J connectivity index is 2.08. The Bertz CT molecular complexity index is 464. The minimum absolute atomic E-state index is 0.0674. The van der Waals surface area contributed by atoms with E-state index in [9.17, 15) is 13.5 Å². The van der Waals surface area contributed by atoms with Crippen LogP contribution in [0.2, 0.25) is 0 Å². The van der Waals surface area contributed by atoms with E-state index in [4.69, 9.17) is 0 Å². The Morgan fingerprint density at radius 2 is 2.44 bits per heavy atom. The molecule has 0 saturated carbocycles. The summed E-state index contributed by atoms with van der Waals surface area (Å²) in [4.78, 5) is 4.39. The van der Waals surface area contributed by atoms with Gasteiger partial charge in [0, 0.05) is 17.7 Å². The number of sulfone groups is 1. The maximum Gasteiger partial charge on any atom is 0.151 e. The molecular formula is C10H15NO3S2. The summed E-state index contributed by atoms with van der Waals surface area (Å²) >= 11 is 1.50. The SMILES string of the molecule is CC(O)Cc1csc(C2CCS(=O)(=O)C2)n1. The van der Waals surface area contributed by atoms with E-state index >= 15 is 0 Å². The molecule has 0 spiro atoms. The highest BCUT2D eigenvalue weighted by Gasteiger charge is 2.30. The number of rotatable bonds is 3. The van der Waals surface area contributed by atoms with Crippen molar-refractivity contribution in [2.45, 2.75) is 31.8 Å². The van der Waals surface area contributed by atoms with Crippen molar-refractivity contribution < 1.29 is 13.5 Å². The Labute approximate surface area is 99.3 Å². The van der Waals surface area contributed by atoms with Crippen LogP contribution in [0.25, 0.3) is 0 Å². The summed E-state index contributed by atoms with van der Waals surface area (Å²) in [5.41, 5.74) is 0.860. The fourth-order valence-corrected chi connectivity index (χ4v) is 4.72. The highest BCUT2D eigenvalue weighted by Crippen LogP contribution is 2.31. The summed E-state index contributed by atoms with van der Waals surface area (Å²) in [7, 11) is -2.84. The maximum atomic E-state index is 11.3. The van der Waals surface area contributed by atoms with E-state index in [1.54, 1.807) is 6.92 Å². The predicted molar refractivity (Wildman–Crippen MR) is 63.5 cm³/mol. The predicted octanol–water partition coefficient (Wildman–Crippen LogP) is 0.969. The molecule has 4 nitrogen and oxygen atoms in total. The first-order valence-corrected chi connectivity index (χ1v) is 7.99. The fourth-order valence-electron chi connectivity index (χ4n) is 1.90. The lowest BCUT2D eigenvalue weighted by molar-refractivity contribution is 0.194. The average molecular weight is 261 g/mol. The molecule has 6 heteroatoms. The highest BCUT2D eigenvalue weighted by molar-refractivity contribution is 7.91. The van der Waals surface area contributed by atoms with Gasteiger partial charge in [-0.25, -0.2) is 13.4 Å². The van der Waals surface area contributed by atoms with Gasteiger partial charge in [-0.3, -0.25) is 0 Å². The van der Waals surface area contributed by atoms with E-state index in [1.807, 2.05) is 5.38 Å². The van der Waals surface area contributed by atoms with Crippen LogP contribution in [0.1, 0.15) is 30.0 Å². The number of aliphatic hydroxyl groups is 1. The molecule has 90 valence electrons. The Morgan fingerprint density at radius 3 is 3.00 bits per heavy atom. The lowest BCUT2D eigenvalue weighted by atomic mass is 10.1. The second kappa shape index (κ2) is 4.43. The van der Waals surface area contributed by atoms with Gasteiger partial charge in [-0.2, -0.15) is 0 Å². The molecule has 0 aromatic carbocycles. The fraction of sp³-hybridized carbons (Fsp3) is 0.700. The second-order valence-electron chi connectivity index (χ2n) is 4.33. The van der Waals surface area contributed by atoms with Gasteiger partial charge in [0.1, 0.15) is 0 Å². The van der Waals surface area contributed by atoms with Crippen molar-refractivity contribution in [3.63, 3.8) is 0 Å². The van der Waals surface area contributed by atoms with Gasteiger partial charge in [-0.1, -0.05) is 0 Å². The molecule has 0 amide bonds. The molecule has 1 aromatic rings. The van der Waals surface area contributed by atoms with E-state index in [0.29, 0.717) is 12.8 Å². The molecule has 0 bridgehead atoms. The van der Waals surface area contributed by atoms with Crippen LogP contribution in [0.3, 0.4) is 0 Å². The summed E-state index contributed by atoms with van der Waals surface area (Å²) in [6, 6.07) is 0. The van der Waals surface area contributed by atoms with Gasteiger partial charge in [0.15, 0.2) is 9.84 Å². The van der Waals surface area contributed by atoms with Gasteiger partial charge < -0.3 is 5.11 Å². The van der Waals surface area contributed by atoms with Gasteiger partial charge in [0.05, 0.1) is 28.3 Å². The average Bonchev–Trinajstić information content (AvgIpc) is 2.71. The lowest BCUT2D eigenvalue weighted by Gasteiger charge is -2.02. The van der Waals surface area contributed by atoms with Crippen LogP contribution in [0.4, 0.5) is 0 Å². The molecule has 1 saturated heterocycles. The third-order valence-electron chi connectivity index (χ3n) is 2.66. The van der Waals surface area contributed by atoms with Gasteiger partial charge >= 0.3 is 0 Å². The molecule has 1 aliphatic heterocycles. The molecular weight excluding hydrogens is 246 g/mol. The number of nitrogens with zero attached hydrogens (tertiary/aromatic N) is 1. The first-order valence-electron chi connectivity index (χ1n) is 5.29. The number of thiazole rings is 1. The largest absolute Gasteiger partial charge is 0.393 e. The molecule has 1 aromatic heterocycles. The molecule has 2 heterocycles. The second-order valence-corrected chi connectivity index (χ2v) is 7.45. The zero-order valence-electron chi connectivity index (χ0n) is 9.09. The summed E-state index contributed by atoms with van der Waals surface area (Å²) in [6.07, 6.45) is 0.821. The van der Waals surface area contributed by atoms with E-state index in [1.165, 1.54) is 11.3 Å². The highest BCUT2D eigenvalue weighted by atomic mass is 32.2. The molecule has 2 atom stereocenters. The first kappa shape index (κ1) is 12.0. The van der Waals surface area contributed by atoms with E-state index in [2.05, 4.69) is 4.98 Å². The first-order chi connectivity index (χ1) is 7.46. The van der Waals surface area contributed by atoms with Crippen molar-refractivity contribution in [2.24, 2.45) is 0 Å². The third kappa shape index (κ3) is 2.81. The van der Waals surface area contributed by atoms with Crippen LogP contribution < -0.4 is 0 Å². The Kier molecular flexibility index (Phi) is 3.32. The maximum absolute atomic E-state index is 11.3.